The van der Waals surface area contributed by atoms with Crippen LogP contribution in [0.15, 0.2) is 24.3 Å². The van der Waals surface area contributed by atoms with E-state index in [1.807, 2.05) is 45.2 Å². The van der Waals surface area contributed by atoms with Gasteiger partial charge in [-0.3, -0.25) is 4.79 Å². The lowest BCUT2D eigenvalue weighted by Gasteiger charge is -2.16. The number of amides is 1. The van der Waals surface area contributed by atoms with E-state index in [1.54, 1.807) is 16.6 Å². The molecule has 0 saturated heterocycles. The van der Waals surface area contributed by atoms with E-state index in [0.29, 0.717) is 6.54 Å². The van der Waals surface area contributed by atoms with Crippen LogP contribution in [0.3, 0.4) is 0 Å². The van der Waals surface area contributed by atoms with Gasteiger partial charge in [0.1, 0.15) is 0 Å². The van der Waals surface area contributed by atoms with Crippen molar-refractivity contribution in [2.24, 2.45) is 0 Å². The lowest BCUT2D eigenvalue weighted by molar-refractivity contribution is -0.129. The maximum Gasteiger partial charge on any atom is 0.228 e. The molecule has 0 radical (unpaired) electrons. The van der Waals surface area contributed by atoms with E-state index in [1.165, 1.54) is 5.56 Å². The second-order valence-corrected chi connectivity index (χ2v) is 5.46. The molecule has 0 atom stereocenters. The number of likely N-dealkylation sites (N-methyl/N-ethyl adjacent to an activating group) is 2. The molecule has 1 N–H and O–H groups in total. The Morgan fingerprint density at radius 1 is 1.26 bits per heavy atom. The number of rotatable bonds is 6. The van der Waals surface area contributed by atoms with Crippen molar-refractivity contribution >= 4 is 18.3 Å². The van der Waals surface area contributed by atoms with Gasteiger partial charge in [-0.25, -0.2) is 4.68 Å². The third-order valence-electron chi connectivity index (χ3n) is 3.71. The molecule has 1 aromatic heterocycles. The predicted molar refractivity (Wildman–Crippen MR) is 93.3 cm³/mol. The van der Waals surface area contributed by atoms with E-state index < -0.39 is 0 Å². The second kappa shape index (κ2) is 8.64. The van der Waals surface area contributed by atoms with Crippen molar-refractivity contribution in [2.45, 2.75) is 20.3 Å². The van der Waals surface area contributed by atoms with Gasteiger partial charge in [0.05, 0.1) is 23.5 Å². The monoisotopic (exact) mass is 337 g/mol. The maximum absolute atomic E-state index is 12.2. The van der Waals surface area contributed by atoms with E-state index >= 15 is 0 Å². The smallest absolute Gasteiger partial charge is 0.228 e. The number of carbonyl (C=O) groups is 1. The number of aryl methyl sites for hydroxylation is 1. The first-order valence-electron chi connectivity index (χ1n) is 7.39. The van der Waals surface area contributed by atoms with Gasteiger partial charge in [-0.1, -0.05) is 22.9 Å². The van der Waals surface area contributed by atoms with Gasteiger partial charge in [-0.15, -0.1) is 17.5 Å². The minimum atomic E-state index is 0. The van der Waals surface area contributed by atoms with Gasteiger partial charge in [-0.05, 0) is 33.0 Å². The van der Waals surface area contributed by atoms with Crippen LogP contribution in [-0.2, 0) is 11.2 Å². The zero-order chi connectivity index (χ0) is 16.1. The number of aromatic nitrogens is 3. The van der Waals surface area contributed by atoms with Crippen LogP contribution < -0.4 is 5.32 Å². The number of halogens is 1. The van der Waals surface area contributed by atoms with Gasteiger partial charge < -0.3 is 10.2 Å². The van der Waals surface area contributed by atoms with Crippen molar-refractivity contribution in [1.29, 1.82) is 0 Å². The number of benzene rings is 1. The van der Waals surface area contributed by atoms with Crippen LogP contribution in [-0.4, -0.2) is 53.0 Å². The molecule has 2 aromatic rings. The third-order valence-corrected chi connectivity index (χ3v) is 3.71. The van der Waals surface area contributed by atoms with E-state index in [2.05, 4.69) is 15.6 Å². The van der Waals surface area contributed by atoms with Crippen molar-refractivity contribution in [1.82, 2.24) is 25.2 Å². The summed E-state index contributed by atoms with van der Waals surface area (Å²) < 4.78 is 1.77. The molecule has 0 aliphatic rings. The van der Waals surface area contributed by atoms with Crippen LogP contribution in [0.4, 0.5) is 0 Å². The average molecular weight is 338 g/mol. The molecule has 0 saturated carbocycles. The maximum atomic E-state index is 12.2. The molecule has 0 aliphatic carbocycles. The van der Waals surface area contributed by atoms with E-state index in [9.17, 15) is 4.79 Å². The predicted octanol–water partition coefficient (Wildman–Crippen LogP) is 1.53. The Bertz CT molecular complexity index is 638. The fourth-order valence-electron chi connectivity index (χ4n) is 2.14. The summed E-state index contributed by atoms with van der Waals surface area (Å²) in [6.45, 7) is 5.44. The minimum absolute atomic E-state index is 0. The number of nitrogens with zero attached hydrogens (tertiary/aromatic N) is 4. The van der Waals surface area contributed by atoms with Gasteiger partial charge in [0.25, 0.3) is 0 Å². The molecule has 6 nitrogen and oxygen atoms in total. The molecular weight excluding hydrogens is 314 g/mol. The molecule has 23 heavy (non-hydrogen) atoms. The Kier molecular flexibility index (Phi) is 7.19. The highest BCUT2D eigenvalue weighted by Gasteiger charge is 2.16. The molecule has 0 fully saturated rings. The summed E-state index contributed by atoms with van der Waals surface area (Å²) in [4.78, 5) is 13.9. The summed E-state index contributed by atoms with van der Waals surface area (Å²) in [5.41, 5.74) is 3.78. The van der Waals surface area contributed by atoms with Crippen LogP contribution in [0.2, 0.25) is 0 Å². The molecule has 0 unspecified atom stereocenters. The molecule has 0 aliphatic heterocycles. The van der Waals surface area contributed by atoms with Crippen molar-refractivity contribution in [3.8, 4) is 5.69 Å². The van der Waals surface area contributed by atoms with Crippen molar-refractivity contribution in [2.75, 3.05) is 27.2 Å². The SMILES string of the molecule is CNCCN(C)C(=O)Cc1nnn(-c2ccc(C)cc2)c1C.Cl. The summed E-state index contributed by atoms with van der Waals surface area (Å²) in [6.07, 6.45) is 0.276. The van der Waals surface area contributed by atoms with Crippen LogP contribution in [0.5, 0.6) is 0 Å². The number of hydrogen-bond acceptors (Lipinski definition) is 4. The van der Waals surface area contributed by atoms with Gasteiger partial charge in [-0.2, -0.15) is 0 Å². The van der Waals surface area contributed by atoms with Crippen LogP contribution in [0.1, 0.15) is 17.0 Å². The largest absolute Gasteiger partial charge is 0.344 e. The van der Waals surface area contributed by atoms with Gasteiger partial charge >= 0.3 is 0 Å². The summed E-state index contributed by atoms with van der Waals surface area (Å²) in [5, 5.41) is 11.4. The summed E-state index contributed by atoms with van der Waals surface area (Å²) in [5.74, 6) is 0.0503. The molecule has 1 aromatic carbocycles. The number of hydrogen-bond donors (Lipinski definition) is 1. The van der Waals surface area contributed by atoms with Gasteiger partial charge in [0.2, 0.25) is 5.91 Å². The Morgan fingerprint density at radius 2 is 1.91 bits per heavy atom. The number of nitrogens with one attached hydrogen (secondary N) is 1. The molecule has 1 amide bonds. The second-order valence-electron chi connectivity index (χ2n) is 5.46. The topological polar surface area (TPSA) is 63.1 Å². The van der Waals surface area contributed by atoms with Crippen molar-refractivity contribution in [3.05, 3.63) is 41.2 Å². The molecular formula is C16H24ClN5O. The zero-order valence-corrected chi connectivity index (χ0v) is 14.9. The van der Waals surface area contributed by atoms with E-state index in [0.717, 1.165) is 23.6 Å². The summed E-state index contributed by atoms with van der Waals surface area (Å²) in [7, 11) is 3.68. The highest BCUT2D eigenvalue weighted by Crippen LogP contribution is 2.13. The fraction of sp³-hybridized carbons (Fsp3) is 0.438. The lowest BCUT2D eigenvalue weighted by atomic mass is 10.2. The first-order chi connectivity index (χ1) is 10.5. The summed E-state index contributed by atoms with van der Waals surface area (Å²) in [6, 6.07) is 8.07. The first-order valence-corrected chi connectivity index (χ1v) is 7.39. The highest BCUT2D eigenvalue weighted by atomic mass is 35.5. The first kappa shape index (κ1) is 19.1. The normalized spacial score (nSPS) is 10.3. The standard InChI is InChI=1S/C16H23N5O.ClH/c1-12-5-7-14(8-6-12)21-13(2)15(18-19-21)11-16(22)20(4)10-9-17-3;/h5-8,17H,9-11H2,1-4H3;1H. The van der Waals surface area contributed by atoms with Crippen molar-refractivity contribution in [3.63, 3.8) is 0 Å². The van der Waals surface area contributed by atoms with Crippen LogP contribution in [0, 0.1) is 13.8 Å². The Labute approximate surface area is 143 Å². The van der Waals surface area contributed by atoms with Crippen LogP contribution in [0.25, 0.3) is 5.69 Å². The summed E-state index contributed by atoms with van der Waals surface area (Å²) >= 11 is 0. The molecule has 1 heterocycles. The van der Waals surface area contributed by atoms with Crippen LogP contribution >= 0.6 is 12.4 Å². The highest BCUT2D eigenvalue weighted by molar-refractivity contribution is 5.85. The Morgan fingerprint density at radius 3 is 2.52 bits per heavy atom. The molecule has 0 spiro atoms. The third kappa shape index (κ3) is 4.77. The van der Waals surface area contributed by atoms with Gasteiger partial charge in [0.15, 0.2) is 0 Å². The average Bonchev–Trinajstić information content (AvgIpc) is 2.86. The van der Waals surface area contributed by atoms with E-state index in [-0.39, 0.29) is 24.7 Å². The minimum Gasteiger partial charge on any atom is -0.344 e. The zero-order valence-electron chi connectivity index (χ0n) is 14.0. The van der Waals surface area contributed by atoms with Crippen molar-refractivity contribution < 1.29 is 4.79 Å². The van der Waals surface area contributed by atoms with E-state index in [4.69, 9.17) is 0 Å². The van der Waals surface area contributed by atoms with Gasteiger partial charge in [0, 0.05) is 20.1 Å². The molecule has 2 rings (SSSR count). The quantitative estimate of drug-likeness (QED) is 0.868. The number of carbonyl (C=O) groups excluding carboxylic acids is 1. The Balaban J connectivity index is 0.00000264. The lowest BCUT2D eigenvalue weighted by Crippen LogP contribution is -2.34. The molecule has 126 valence electrons. The molecule has 0 bridgehead atoms. The Hall–Kier alpha value is -1.92. The fourth-order valence-corrected chi connectivity index (χ4v) is 2.14. The molecule has 7 heteroatoms.